The van der Waals surface area contributed by atoms with E-state index in [1.54, 1.807) is 18.3 Å². The molecule has 1 fully saturated rings. The second-order valence-electron chi connectivity index (χ2n) is 4.98. The molecule has 5 nitrogen and oxygen atoms in total. The van der Waals surface area contributed by atoms with Crippen LogP contribution in [0.25, 0.3) is 0 Å². The van der Waals surface area contributed by atoms with Crippen LogP contribution in [-0.2, 0) is 11.3 Å². The Kier molecular flexibility index (Phi) is 4.09. The molecule has 6 heteroatoms. The van der Waals surface area contributed by atoms with Crippen molar-refractivity contribution in [1.29, 1.82) is 0 Å². The zero-order chi connectivity index (χ0) is 13.9. The SMILES string of the molecule is CC1(C(=O)O)CCCCN1C(=O)NCc1ccsc1. The van der Waals surface area contributed by atoms with Crippen molar-refractivity contribution in [2.24, 2.45) is 0 Å². The summed E-state index contributed by atoms with van der Waals surface area (Å²) in [5, 5.41) is 16.1. The van der Waals surface area contributed by atoms with E-state index in [2.05, 4.69) is 5.32 Å². The Balaban J connectivity index is 2.01. The van der Waals surface area contributed by atoms with Crippen LogP contribution in [-0.4, -0.2) is 34.1 Å². The number of carbonyl (C=O) groups is 2. The van der Waals surface area contributed by atoms with Crippen LogP contribution in [0.3, 0.4) is 0 Å². The summed E-state index contributed by atoms with van der Waals surface area (Å²) in [4.78, 5) is 25.0. The Bertz CT molecular complexity index is 460. The molecule has 2 N–H and O–H groups in total. The Hall–Kier alpha value is -1.56. The molecular formula is C13H18N2O3S. The second kappa shape index (κ2) is 5.61. The standard InChI is InChI=1S/C13H18N2O3S/c1-13(11(16)17)5-2-3-6-15(13)12(18)14-8-10-4-7-19-9-10/h4,7,9H,2-3,5-6,8H2,1H3,(H,14,18)(H,16,17). The molecule has 0 spiro atoms. The third kappa shape index (κ3) is 2.89. The molecule has 0 aliphatic carbocycles. The van der Waals surface area contributed by atoms with Gasteiger partial charge in [-0.3, -0.25) is 0 Å². The fourth-order valence-corrected chi connectivity index (χ4v) is 3.00. The molecule has 0 aromatic carbocycles. The van der Waals surface area contributed by atoms with Crippen LogP contribution in [0.1, 0.15) is 31.7 Å². The minimum Gasteiger partial charge on any atom is -0.480 e. The molecule has 19 heavy (non-hydrogen) atoms. The first kappa shape index (κ1) is 13.9. The van der Waals surface area contributed by atoms with E-state index < -0.39 is 11.5 Å². The van der Waals surface area contributed by atoms with E-state index in [0.717, 1.165) is 18.4 Å². The number of carboxylic acid groups (broad SMARTS) is 1. The number of piperidine rings is 1. The number of carboxylic acids is 1. The van der Waals surface area contributed by atoms with E-state index in [1.807, 2.05) is 16.8 Å². The number of rotatable bonds is 3. The number of urea groups is 1. The zero-order valence-corrected chi connectivity index (χ0v) is 11.7. The Morgan fingerprint density at radius 1 is 1.53 bits per heavy atom. The largest absolute Gasteiger partial charge is 0.480 e. The first-order valence-electron chi connectivity index (χ1n) is 6.34. The first-order chi connectivity index (χ1) is 9.04. The van der Waals surface area contributed by atoms with Gasteiger partial charge in [0.1, 0.15) is 5.54 Å². The van der Waals surface area contributed by atoms with Crippen molar-refractivity contribution in [3.63, 3.8) is 0 Å². The lowest BCUT2D eigenvalue weighted by Gasteiger charge is -2.41. The van der Waals surface area contributed by atoms with Gasteiger partial charge in [-0.25, -0.2) is 9.59 Å². The van der Waals surface area contributed by atoms with E-state index >= 15 is 0 Å². The van der Waals surface area contributed by atoms with Crippen molar-refractivity contribution in [1.82, 2.24) is 10.2 Å². The highest BCUT2D eigenvalue weighted by Crippen LogP contribution is 2.28. The lowest BCUT2D eigenvalue weighted by Crippen LogP contribution is -2.59. The highest BCUT2D eigenvalue weighted by molar-refractivity contribution is 7.07. The van der Waals surface area contributed by atoms with Gasteiger partial charge < -0.3 is 15.3 Å². The third-order valence-corrected chi connectivity index (χ3v) is 4.35. The number of thiophene rings is 1. The van der Waals surface area contributed by atoms with E-state index in [4.69, 9.17) is 0 Å². The summed E-state index contributed by atoms with van der Waals surface area (Å²) < 4.78 is 0. The predicted molar refractivity (Wildman–Crippen MR) is 73.2 cm³/mol. The van der Waals surface area contributed by atoms with E-state index in [-0.39, 0.29) is 6.03 Å². The molecule has 2 rings (SSSR count). The van der Waals surface area contributed by atoms with Gasteiger partial charge in [0.05, 0.1) is 0 Å². The van der Waals surface area contributed by atoms with Crippen LogP contribution < -0.4 is 5.32 Å². The molecule has 104 valence electrons. The van der Waals surface area contributed by atoms with Crippen LogP contribution in [0.5, 0.6) is 0 Å². The first-order valence-corrected chi connectivity index (χ1v) is 7.28. The maximum atomic E-state index is 12.2. The summed E-state index contributed by atoms with van der Waals surface area (Å²) in [6.45, 7) is 2.56. The lowest BCUT2D eigenvalue weighted by atomic mass is 9.89. The fraction of sp³-hybridized carbons (Fsp3) is 0.538. The highest BCUT2D eigenvalue weighted by atomic mass is 32.1. The molecule has 2 amide bonds. The molecule has 0 radical (unpaired) electrons. The van der Waals surface area contributed by atoms with Crippen LogP contribution in [0.2, 0.25) is 0 Å². The van der Waals surface area contributed by atoms with E-state index in [1.165, 1.54) is 4.90 Å². The Labute approximate surface area is 116 Å². The number of hydrogen-bond acceptors (Lipinski definition) is 3. The molecule has 1 saturated heterocycles. The van der Waals surface area contributed by atoms with E-state index in [9.17, 15) is 14.7 Å². The van der Waals surface area contributed by atoms with Gasteiger partial charge in [0.15, 0.2) is 0 Å². The molecule has 1 aliphatic rings. The molecule has 0 saturated carbocycles. The van der Waals surface area contributed by atoms with Crippen molar-refractivity contribution >= 4 is 23.3 Å². The molecule has 2 heterocycles. The number of likely N-dealkylation sites (tertiary alicyclic amines) is 1. The predicted octanol–water partition coefficient (Wildman–Crippen LogP) is 2.29. The molecule has 1 aromatic heterocycles. The van der Waals surface area contributed by atoms with Gasteiger partial charge in [0.2, 0.25) is 0 Å². The van der Waals surface area contributed by atoms with Crippen molar-refractivity contribution in [3.05, 3.63) is 22.4 Å². The minimum atomic E-state index is -1.09. The number of nitrogens with one attached hydrogen (secondary N) is 1. The maximum absolute atomic E-state index is 12.2. The van der Waals surface area contributed by atoms with Crippen LogP contribution in [0.15, 0.2) is 16.8 Å². The minimum absolute atomic E-state index is 0.296. The zero-order valence-electron chi connectivity index (χ0n) is 10.9. The van der Waals surface area contributed by atoms with Crippen molar-refractivity contribution in [2.45, 2.75) is 38.3 Å². The lowest BCUT2D eigenvalue weighted by molar-refractivity contribution is -0.150. The van der Waals surface area contributed by atoms with Crippen LogP contribution in [0.4, 0.5) is 4.79 Å². The van der Waals surface area contributed by atoms with Crippen molar-refractivity contribution in [2.75, 3.05) is 6.54 Å². The van der Waals surface area contributed by atoms with Crippen LogP contribution in [0, 0.1) is 0 Å². The summed E-state index contributed by atoms with van der Waals surface area (Å²) in [6, 6.07) is 1.65. The Morgan fingerprint density at radius 3 is 2.95 bits per heavy atom. The molecule has 1 unspecified atom stereocenters. The molecule has 1 atom stereocenters. The summed E-state index contributed by atoms with van der Waals surface area (Å²) in [6.07, 6.45) is 2.21. The summed E-state index contributed by atoms with van der Waals surface area (Å²) in [7, 11) is 0. The third-order valence-electron chi connectivity index (χ3n) is 3.62. The summed E-state index contributed by atoms with van der Waals surface area (Å²) >= 11 is 1.57. The average molecular weight is 282 g/mol. The quantitative estimate of drug-likeness (QED) is 0.893. The van der Waals surface area contributed by atoms with Gasteiger partial charge in [0, 0.05) is 13.1 Å². The van der Waals surface area contributed by atoms with Crippen LogP contribution >= 0.6 is 11.3 Å². The van der Waals surface area contributed by atoms with Crippen molar-refractivity contribution in [3.8, 4) is 0 Å². The summed E-state index contributed by atoms with van der Waals surface area (Å²) in [5.41, 5.74) is -0.0517. The monoisotopic (exact) mass is 282 g/mol. The smallest absolute Gasteiger partial charge is 0.329 e. The van der Waals surface area contributed by atoms with Gasteiger partial charge in [-0.1, -0.05) is 0 Å². The Morgan fingerprint density at radius 2 is 2.32 bits per heavy atom. The van der Waals surface area contributed by atoms with E-state index in [0.29, 0.717) is 19.5 Å². The van der Waals surface area contributed by atoms with Gasteiger partial charge in [-0.15, -0.1) is 0 Å². The molecular weight excluding hydrogens is 264 g/mol. The number of carbonyl (C=O) groups excluding carboxylic acids is 1. The molecule has 1 aromatic rings. The number of amides is 2. The maximum Gasteiger partial charge on any atom is 0.329 e. The average Bonchev–Trinajstić information content (AvgIpc) is 2.89. The van der Waals surface area contributed by atoms with Gasteiger partial charge in [0.25, 0.3) is 0 Å². The van der Waals surface area contributed by atoms with Gasteiger partial charge in [-0.2, -0.15) is 11.3 Å². The topological polar surface area (TPSA) is 69.6 Å². The summed E-state index contributed by atoms with van der Waals surface area (Å²) in [5.74, 6) is -0.933. The second-order valence-corrected chi connectivity index (χ2v) is 5.76. The molecule has 0 bridgehead atoms. The highest BCUT2D eigenvalue weighted by Gasteiger charge is 2.43. The normalized spacial score (nSPS) is 23.1. The fourth-order valence-electron chi connectivity index (χ4n) is 2.34. The molecule has 1 aliphatic heterocycles. The number of aliphatic carboxylic acids is 1. The number of hydrogen-bond donors (Lipinski definition) is 2. The van der Waals surface area contributed by atoms with Gasteiger partial charge in [-0.05, 0) is 48.6 Å². The van der Waals surface area contributed by atoms with Crippen molar-refractivity contribution < 1.29 is 14.7 Å². The van der Waals surface area contributed by atoms with Gasteiger partial charge >= 0.3 is 12.0 Å². The number of nitrogens with zero attached hydrogens (tertiary/aromatic N) is 1.